The molecule has 0 aliphatic heterocycles. The Hall–Kier alpha value is -2.71. The van der Waals surface area contributed by atoms with Gasteiger partial charge in [-0.3, -0.25) is 10.1 Å². The molecule has 1 aromatic rings. The second-order valence-electron chi connectivity index (χ2n) is 5.89. The van der Waals surface area contributed by atoms with Gasteiger partial charge in [0.25, 0.3) is 5.91 Å². The van der Waals surface area contributed by atoms with E-state index in [4.69, 9.17) is 4.74 Å². The number of hydrogen-bond acceptors (Lipinski definition) is 5. The molecule has 142 valence electrons. The number of esters is 1. The summed E-state index contributed by atoms with van der Waals surface area (Å²) in [6.45, 7) is -1.64. The normalized spacial score (nSPS) is 15.4. The maximum atomic E-state index is 12.1. The van der Waals surface area contributed by atoms with E-state index < -0.39 is 30.6 Å². The maximum absolute atomic E-state index is 12.1. The zero-order valence-corrected chi connectivity index (χ0v) is 14.2. The number of benzene rings is 1. The number of carbonyl (C=O) groups excluding carboxylic acids is 3. The van der Waals surface area contributed by atoms with E-state index in [1.54, 1.807) is 0 Å². The quantitative estimate of drug-likeness (QED) is 0.751. The van der Waals surface area contributed by atoms with E-state index in [0.717, 1.165) is 25.7 Å². The number of hydrogen-bond donors (Lipinski definition) is 2. The van der Waals surface area contributed by atoms with Crippen LogP contribution in [0.1, 0.15) is 43.0 Å². The van der Waals surface area contributed by atoms with Crippen LogP contribution in [-0.4, -0.2) is 36.7 Å². The lowest BCUT2D eigenvalue weighted by molar-refractivity contribution is -0.127. The molecule has 0 bridgehead atoms. The summed E-state index contributed by atoms with van der Waals surface area (Å²) in [6, 6.07) is 4.26. The van der Waals surface area contributed by atoms with Crippen LogP contribution in [0.3, 0.4) is 0 Å². The second kappa shape index (κ2) is 9.12. The van der Waals surface area contributed by atoms with Gasteiger partial charge < -0.3 is 14.8 Å². The van der Waals surface area contributed by atoms with Crippen molar-refractivity contribution in [1.82, 2.24) is 10.6 Å². The average molecular weight is 370 g/mol. The van der Waals surface area contributed by atoms with E-state index in [-0.39, 0.29) is 17.4 Å². The molecule has 26 heavy (non-hydrogen) atoms. The fourth-order valence-corrected chi connectivity index (χ4v) is 2.56. The summed E-state index contributed by atoms with van der Waals surface area (Å²) >= 11 is 0. The number of halogens is 2. The Morgan fingerprint density at radius 3 is 2.31 bits per heavy atom. The Balaban J connectivity index is 1.81. The van der Waals surface area contributed by atoms with E-state index in [1.807, 2.05) is 0 Å². The molecule has 3 amide bonds. The molecule has 2 N–H and O–H groups in total. The Kier molecular flexibility index (Phi) is 6.88. The fraction of sp³-hybridized carbons (Fsp3) is 0.471. The minimum absolute atomic E-state index is 0.0506. The first-order valence-electron chi connectivity index (χ1n) is 8.22. The largest absolute Gasteiger partial charge is 0.449 e. The minimum Gasteiger partial charge on any atom is -0.449 e. The highest BCUT2D eigenvalue weighted by atomic mass is 19.3. The Bertz CT molecular complexity index is 645. The third-order valence-electron chi connectivity index (χ3n) is 3.90. The van der Waals surface area contributed by atoms with Crippen molar-refractivity contribution in [1.29, 1.82) is 0 Å². The first-order chi connectivity index (χ1) is 12.3. The maximum Gasteiger partial charge on any atom is 0.387 e. The smallest absolute Gasteiger partial charge is 0.387 e. The first kappa shape index (κ1) is 19.6. The van der Waals surface area contributed by atoms with E-state index in [1.165, 1.54) is 31.2 Å². The molecule has 9 heteroatoms. The van der Waals surface area contributed by atoms with Crippen LogP contribution in [0.2, 0.25) is 0 Å². The van der Waals surface area contributed by atoms with Crippen LogP contribution in [0.4, 0.5) is 13.6 Å². The van der Waals surface area contributed by atoms with Gasteiger partial charge in [-0.15, -0.1) is 0 Å². The second-order valence-corrected chi connectivity index (χ2v) is 5.89. The van der Waals surface area contributed by atoms with Crippen molar-refractivity contribution < 1.29 is 32.6 Å². The summed E-state index contributed by atoms with van der Waals surface area (Å²) in [5.74, 6) is -1.69. The number of nitrogens with one attached hydrogen (secondary N) is 2. The van der Waals surface area contributed by atoms with Gasteiger partial charge in [0.05, 0.1) is 5.56 Å². The van der Waals surface area contributed by atoms with Crippen LogP contribution in [0.25, 0.3) is 0 Å². The molecule has 1 saturated carbocycles. The van der Waals surface area contributed by atoms with Crippen molar-refractivity contribution in [2.24, 2.45) is 0 Å². The highest BCUT2D eigenvalue weighted by Gasteiger charge is 2.23. The standard InChI is InChI=1S/C17H20F2N2O5/c1-10(14(22)21-17(24)20-12-4-2-3-5-12)25-15(23)11-6-8-13(9-7-11)26-16(18)19/h6-10,12,16H,2-5H2,1H3,(H2,20,21,22,24)/t10-/m0/s1. The van der Waals surface area contributed by atoms with Gasteiger partial charge in [0, 0.05) is 6.04 Å². The predicted octanol–water partition coefficient (Wildman–Crippen LogP) is 2.60. The monoisotopic (exact) mass is 370 g/mol. The number of urea groups is 1. The summed E-state index contributed by atoms with van der Waals surface area (Å²) < 4.78 is 33.3. The number of imide groups is 1. The number of rotatable bonds is 6. The van der Waals surface area contributed by atoms with Crippen molar-refractivity contribution in [3.05, 3.63) is 29.8 Å². The number of amides is 3. The molecule has 0 aromatic heterocycles. The average Bonchev–Trinajstić information content (AvgIpc) is 3.07. The summed E-state index contributed by atoms with van der Waals surface area (Å²) in [4.78, 5) is 35.6. The molecule has 1 aliphatic rings. The summed E-state index contributed by atoms with van der Waals surface area (Å²) in [6.07, 6.45) is 2.62. The van der Waals surface area contributed by atoms with E-state index in [9.17, 15) is 23.2 Å². The van der Waals surface area contributed by atoms with Crippen molar-refractivity contribution >= 4 is 17.9 Å². The molecular weight excluding hydrogens is 350 g/mol. The van der Waals surface area contributed by atoms with Crippen molar-refractivity contribution in [3.8, 4) is 5.75 Å². The van der Waals surface area contributed by atoms with Gasteiger partial charge in [0.2, 0.25) is 0 Å². The highest BCUT2D eigenvalue weighted by Crippen LogP contribution is 2.17. The van der Waals surface area contributed by atoms with Crippen LogP contribution in [0.15, 0.2) is 24.3 Å². The summed E-state index contributed by atoms with van der Waals surface area (Å²) in [5, 5.41) is 4.81. The third-order valence-corrected chi connectivity index (χ3v) is 3.90. The summed E-state index contributed by atoms with van der Waals surface area (Å²) in [7, 11) is 0. The Morgan fingerprint density at radius 1 is 1.12 bits per heavy atom. The molecule has 1 fully saturated rings. The number of alkyl halides is 2. The highest BCUT2D eigenvalue weighted by molar-refractivity contribution is 5.98. The molecule has 0 saturated heterocycles. The fourth-order valence-electron chi connectivity index (χ4n) is 2.56. The van der Waals surface area contributed by atoms with Gasteiger partial charge in [-0.05, 0) is 44.0 Å². The van der Waals surface area contributed by atoms with Crippen molar-refractivity contribution in [3.63, 3.8) is 0 Å². The van der Waals surface area contributed by atoms with E-state index >= 15 is 0 Å². The lowest BCUT2D eigenvalue weighted by atomic mass is 10.2. The van der Waals surface area contributed by atoms with Gasteiger partial charge in [-0.1, -0.05) is 12.8 Å². The molecule has 1 atom stereocenters. The Morgan fingerprint density at radius 2 is 1.73 bits per heavy atom. The molecule has 1 aliphatic carbocycles. The predicted molar refractivity (Wildman–Crippen MR) is 86.9 cm³/mol. The lowest BCUT2D eigenvalue weighted by Crippen LogP contribution is -2.47. The topological polar surface area (TPSA) is 93.7 Å². The molecule has 1 aromatic carbocycles. The first-order valence-corrected chi connectivity index (χ1v) is 8.22. The van der Waals surface area contributed by atoms with E-state index in [2.05, 4.69) is 15.4 Å². The van der Waals surface area contributed by atoms with Gasteiger partial charge in [-0.25, -0.2) is 9.59 Å². The number of carbonyl (C=O) groups is 3. The zero-order valence-electron chi connectivity index (χ0n) is 14.2. The van der Waals surface area contributed by atoms with E-state index in [0.29, 0.717) is 0 Å². The SMILES string of the molecule is C[C@H](OC(=O)c1ccc(OC(F)F)cc1)C(=O)NC(=O)NC1CCCC1. The van der Waals surface area contributed by atoms with Gasteiger partial charge in [0.15, 0.2) is 6.10 Å². The van der Waals surface area contributed by atoms with Crippen molar-refractivity contribution in [2.45, 2.75) is 51.4 Å². The minimum atomic E-state index is -2.97. The molecular formula is C17H20F2N2O5. The van der Waals surface area contributed by atoms with Crippen LogP contribution >= 0.6 is 0 Å². The Labute approximate surface area is 149 Å². The molecule has 0 heterocycles. The van der Waals surface area contributed by atoms with Gasteiger partial charge in [0.1, 0.15) is 5.75 Å². The van der Waals surface area contributed by atoms with Crippen LogP contribution in [-0.2, 0) is 9.53 Å². The van der Waals surface area contributed by atoms with Gasteiger partial charge in [-0.2, -0.15) is 8.78 Å². The van der Waals surface area contributed by atoms with Crippen LogP contribution in [0.5, 0.6) is 5.75 Å². The lowest BCUT2D eigenvalue weighted by Gasteiger charge is -2.15. The van der Waals surface area contributed by atoms with Gasteiger partial charge >= 0.3 is 18.6 Å². The third kappa shape index (κ3) is 5.98. The number of ether oxygens (including phenoxy) is 2. The molecule has 0 spiro atoms. The molecule has 7 nitrogen and oxygen atoms in total. The molecule has 0 unspecified atom stereocenters. The molecule has 0 radical (unpaired) electrons. The van der Waals surface area contributed by atoms with Crippen molar-refractivity contribution in [2.75, 3.05) is 0 Å². The molecule has 2 rings (SSSR count). The van der Waals surface area contributed by atoms with Crippen LogP contribution in [0, 0.1) is 0 Å². The van der Waals surface area contributed by atoms with Crippen LogP contribution < -0.4 is 15.4 Å². The summed E-state index contributed by atoms with van der Waals surface area (Å²) in [5.41, 5.74) is 0.0571. The zero-order chi connectivity index (χ0) is 19.1.